The van der Waals surface area contributed by atoms with Gasteiger partial charge in [0.2, 0.25) is 5.91 Å². The zero-order chi connectivity index (χ0) is 24.3. The largest absolute Gasteiger partial charge is 0.489 e. The minimum absolute atomic E-state index is 0.0225. The first-order valence-electron chi connectivity index (χ1n) is 11.6. The molecule has 3 aliphatic rings. The van der Waals surface area contributed by atoms with Crippen molar-refractivity contribution in [3.8, 4) is 17.2 Å². The van der Waals surface area contributed by atoms with Gasteiger partial charge in [0.05, 0.1) is 0 Å². The van der Waals surface area contributed by atoms with Crippen LogP contribution in [0.4, 0.5) is 14.6 Å². The predicted molar refractivity (Wildman–Crippen MR) is 123 cm³/mol. The summed E-state index contributed by atoms with van der Waals surface area (Å²) >= 11 is 0. The zero-order valence-corrected chi connectivity index (χ0v) is 18.9. The molecule has 2 aromatic carbocycles. The number of ether oxygens (including phenoxy) is 2. The van der Waals surface area contributed by atoms with E-state index in [-0.39, 0.29) is 48.0 Å². The third-order valence-electron chi connectivity index (χ3n) is 6.92. The summed E-state index contributed by atoms with van der Waals surface area (Å²) in [6.45, 7) is 1.61. The van der Waals surface area contributed by atoms with Crippen molar-refractivity contribution in [2.45, 2.75) is 44.6 Å². The molecule has 35 heavy (non-hydrogen) atoms. The van der Waals surface area contributed by atoms with E-state index in [2.05, 4.69) is 10.3 Å². The molecule has 6 nitrogen and oxygen atoms in total. The van der Waals surface area contributed by atoms with Crippen LogP contribution < -0.4 is 14.8 Å². The highest BCUT2D eigenvalue weighted by atomic mass is 19.1. The molecule has 0 spiro atoms. The highest BCUT2D eigenvalue weighted by Crippen LogP contribution is 2.60. The molecule has 8 heteroatoms. The molecule has 3 atom stereocenters. The quantitative estimate of drug-likeness (QED) is 0.541. The van der Waals surface area contributed by atoms with Gasteiger partial charge in [-0.25, -0.2) is 13.8 Å². The van der Waals surface area contributed by atoms with Gasteiger partial charge in [-0.15, -0.1) is 0 Å². The Kier molecular flexibility index (Phi) is 5.05. The van der Waals surface area contributed by atoms with Crippen molar-refractivity contribution in [3.63, 3.8) is 0 Å². The van der Waals surface area contributed by atoms with Crippen molar-refractivity contribution in [2.24, 2.45) is 5.92 Å². The van der Waals surface area contributed by atoms with Crippen LogP contribution in [0.2, 0.25) is 0 Å². The van der Waals surface area contributed by atoms with Gasteiger partial charge in [-0.2, -0.15) is 0 Å². The second kappa shape index (κ2) is 8.15. The fraction of sp³-hybridized carbons (Fsp3) is 0.296. The number of aromatic nitrogens is 1. The van der Waals surface area contributed by atoms with Crippen LogP contribution in [-0.4, -0.2) is 22.8 Å². The Morgan fingerprint density at radius 1 is 1.17 bits per heavy atom. The number of amides is 1. The Morgan fingerprint density at radius 3 is 2.77 bits per heavy atom. The Balaban J connectivity index is 1.15. The number of fused-ring (bicyclic) bond motifs is 4. The molecule has 178 valence electrons. The summed E-state index contributed by atoms with van der Waals surface area (Å²) in [7, 11) is 0. The summed E-state index contributed by atoms with van der Waals surface area (Å²) in [4.78, 5) is 28.5. The number of aryl methyl sites for hydroxylation is 1. The number of benzene rings is 2. The standard InChI is InChI=1S/C27H22F2N2O4/c1-13-8-20(28)17(21(29)9-13)10-14(32)11-19-25-18-12-15(2-4-22(18)35-26(19)25)34-23-6-7-30-27-16(23)3-5-24(33)31-27/h2,4,6-9,12,19,25-26H,3,5,10-11H2,1H3,(H,30,31,33)/t19-,25-,26+/m0/s1. The fourth-order valence-electron chi connectivity index (χ4n) is 5.17. The minimum atomic E-state index is -0.687. The van der Waals surface area contributed by atoms with Gasteiger partial charge in [0, 0.05) is 54.0 Å². The van der Waals surface area contributed by atoms with Gasteiger partial charge in [0.1, 0.15) is 46.6 Å². The highest BCUT2D eigenvalue weighted by Gasteiger charge is 2.59. The summed E-state index contributed by atoms with van der Waals surface area (Å²) < 4.78 is 40.4. The van der Waals surface area contributed by atoms with Crippen LogP contribution in [0.5, 0.6) is 17.2 Å². The number of pyridine rings is 1. The minimum Gasteiger partial charge on any atom is -0.489 e. The molecule has 1 aliphatic carbocycles. The topological polar surface area (TPSA) is 77.5 Å². The molecule has 0 saturated heterocycles. The van der Waals surface area contributed by atoms with Crippen molar-refractivity contribution < 1.29 is 27.8 Å². The van der Waals surface area contributed by atoms with Gasteiger partial charge in [-0.05, 0) is 55.3 Å². The van der Waals surface area contributed by atoms with E-state index in [9.17, 15) is 18.4 Å². The number of carbonyl (C=O) groups is 2. The normalized spacial score (nSPS) is 21.3. The second-order valence-corrected chi connectivity index (χ2v) is 9.38. The molecule has 3 aromatic rings. The predicted octanol–water partition coefficient (Wildman–Crippen LogP) is 5.02. The van der Waals surface area contributed by atoms with Gasteiger partial charge >= 0.3 is 0 Å². The molecule has 0 bridgehead atoms. The number of nitrogens with zero attached hydrogens (tertiary/aromatic N) is 1. The van der Waals surface area contributed by atoms with Gasteiger partial charge in [0.25, 0.3) is 0 Å². The van der Waals surface area contributed by atoms with E-state index in [1.807, 2.05) is 18.2 Å². The third-order valence-corrected chi connectivity index (χ3v) is 6.92. The van der Waals surface area contributed by atoms with Gasteiger partial charge in [-0.3, -0.25) is 9.59 Å². The Hall–Kier alpha value is -3.81. The first-order chi connectivity index (χ1) is 16.9. The first-order valence-corrected chi connectivity index (χ1v) is 11.6. The molecule has 1 aromatic heterocycles. The van der Waals surface area contributed by atoms with E-state index < -0.39 is 11.6 Å². The van der Waals surface area contributed by atoms with Crippen molar-refractivity contribution >= 4 is 17.5 Å². The van der Waals surface area contributed by atoms with Crippen LogP contribution in [0, 0.1) is 24.5 Å². The fourth-order valence-corrected chi connectivity index (χ4v) is 5.17. The SMILES string of the molecule is Cc1cc(F)c(CC(=O)C[C@@H]2[C@H]3Oc4ccc(Oc5ccnc6c5CCC(=O)N6)cc4[C@@H]23)c(F)c1. The lowest BCUT2D eigenvalue weighted by atomic mass is 10.00. The van der Waals surface area contributed by atoms with Crippen LogP contribution in [0.1, 0.15) is 41.0 Å². The maximum atomic E-state index is 14.1. The Bertz CT molecular complexity index is 1370. The molecular weight excluding hydrogens is 454 g/mol. The van der Waals surface area contributed by atoms with E-state index in [1.54, 1.807) is 19.2 Å². The number of anilines is 1. The van der Waals surface area contributed by atoms with E-state index in [4.69, 9.17) is 9.47 Å². The Labute approximate surface area is 200 Å². The molecule has 0 radical (unpaired) electrons. The van der Waals surface area contributed by atoms with Gasteiger partial charge in [0.15, 0.2) is 0 Å². The number of hydrogen-bond acceptors (Lipinski definition) is 5. The van der Waals surface area contributed by atoms with Crippen LogP contribution in [0.3, 0.4) is 0 Å². The Morgan fingerprint density at radius 2 is 1.97 bits per heavy atom. The third kappa shape index (κ3) is 3.92. The average Bonchev–Trinajstić information content (AvgIpc) is 3.32. The average molecular weight is 476 g/mol. The highest BCUT2D eigenvalue weighted by molar-refractivity contribution is 5.93. The number of Topliss-reactive ketones (excluding diaryl/α,β-unsaturated/α-hetero) is 1. The summed E-state index contributed by atoms with van der Waals surface area (Å²) in [5, 5.41) is 2.76. The number of halogens is 2. The lowest BCUT2D eigenvalue weighted by molar-refractivity contribution is -0.119. The first kappa shape index (κ1) is 21.7. The molecule has 1 fully saturated rings. The summed E-state index contributed by atoms with van der Waals surface area (Å²) in [5.74, 6) is 0.914. The number of carbonyl (C=O) groups excluding carboxylic acids is 2. The molecule has 0 unspecified atom stereocenters. The molecule has 1 saturated carbocycles. The van der Waals surface area contributed by atoms with E-state index in [1.165, 1.54) is 12.1 Å². The zero-order valence-electron chi connectivity index (χ0n) is 18.9. The van der Waals surface area contributed by atoms with Crippen molar-refractivity contribution in [3.05, 3.63) is 76.5 Å². The van der Waals surface area contributed by atoms with Crippen LogP contribution in [0.25, 0.3) is 0 Å². The van der Waals surface area contributed by atoms with Crippen LogP contribution in [-0.2, 0) is 22.4 Å². The number of ketones is 1. The number of rotatable bonds is 6. The maximum Gasteiger partial charge on any atom is 0.225 e. The van der Waals surface area contributed by atoms with Gasteiger partial charge < -0.3 is 14.8 Å². The molecule has 3 heterocycles. The lowest BCUT2D eigenvalue weighted by Crippen LogP contribution is -2.20. The van der Waals surface area contributed by atoms with Crippen molar-refractivity contribution in [1.29, 1.82) is 0 Å². The summed E-state index contributed by atoms with van der Waals surface area (Å²) in [5.41, 5.74) is 2.12. The molecule has 1 N–H and O–H groups in total. The monoisotopic (exact) mass is 476 g/mol. The number of nitrogens with one attached hydrogen (secondary N) is 1. The molecule has 1 amide bonds. The summed E-state index contributed by atoms with van der Waals surface area (Å²) in [6.07, 6.45) is 2.34. The van der Waals surface area contributed by atoms with E-state index in [0.717, 1.165) is 16.9 Å². The lowest BCUT2D eigenvalue weighted by Gasteiger charge is -2.19. The summed E-state index contributed by atoms with van der Waals surface area (Å²) in [6, 6.07) is 9.84. The smallest absolute Gasteiger partial charge is 0.225 e. The van der Waals surface area contributed by atoms with Gasteiger partial charge in [-0.1, -0.05) is 0 Å². The van der Waals surface area contributed by atoms with Crippen molar-refractivity contribution in [1.82, 2.24) is 4.98 Å². The molecular formula is C27H22F2N2O4. The number of hydrogen-bond donors (Lipinski definition) is 1. The van der Waals surface area contributed by atoms with Crippen molar-refractivity contribution in [2.75, 3.05) is 5.32 Å². The van der Waals surface area contributed by atoms with E-state index in [0.29, 0.717) is 35.7 Å². The van der Waals surface area contributed by atoms with Crippen LogP contribution in [0.15, 0.2) is 42.6 Å². The molecule has 6 rings (SSSR count). The van der Waals surface area contributed by atoms with Crippen LogP contribution >= 0.6 is 0 Å². The molecule has 2 aliphatic heterocycles. The second-order valence-electron chi connectivity index (χ2n) is 9.38. The maximum absolute atomic E-state index is 14.1. The van der Waals surface area contributed by atoms with E-state index >= 15 is 0 Å².